The minimum absolute atomic E-state index is 0.154. The lowest BCUT2D eigenvalue weighted by molar-refractivity contribution is -0.0723. The molecule has 25 heavy (non-hydrogen) atoms. The number of ether oxygens (including phenoxy) is 2. The first-order valence-electron chi connectivity index (χ1n) is 9.61. The van der Waals surface area contributed by atoms with Crippen LogP contribution in [0.2, 0.25) is 0 Å². The van der Waals surface area contributed by atoms with E-state index in [2.05, 4.69) is 46.9 Å². The van der Waals surface area contributed by atoms with Crippen molar-refractivity contribution in [2.45, 2.75) is 84.3 Å². The summed E-state index contributed by atoms with van der Waals surface area (Å²) < 4.78 is 11.8. The van der Waals surface area contributed by atoms with Gasteiger partial charge in [-0.15, -0.1) is 13.2 Å². The quantitative estimate of drug-likeness (QED) is 0.379. The van der Waals surface area contributed by atoms with Crippen LogP contribution in [0.25, 0.3) is 0 Å². The van der Waals surface area contributed by atoms with Gasteiger partial charge in [0.1, 0.15) is 0 Å². The highest BCUT2D eigenvalue weighted by atomic mass is 16.8. The summed E-state index contributed by atoms with van der Waals surface area (Å²) in [5, 5.41) is 0. The van der Waals surface area contributed by atoms with Crippen LogP contribution in [-0.2, 0) is 9.47 Å². The molecular weight excluding hydrogens is 312 g/mol. The number of hydrogen-bond acceptors (Lipinski definition) is 3. The highest BCUT2D eigenvalue weighted by Gasteiger charge is 2.61. The Morgan fingerprint density at radius 2 is 2.12 bits per heavy atom. The van der Waals surface area contributed by atoms with Gasteiger partial charge in [0.2, 0.25) is 0 Å². The first-order valence-corrected chi connectivity index (χ1v) is 9.61. The summed E-state index contributed by atoms with van der Waals surface area (Å²) in [5.41, 5.74) is 0.0782. The molecule has 0 amide bonds. The number of carbonyl (C=O) groups excluding carboxylic acids is 1. The second-order valence-electron chi connectivity index (χ2n) is 8.39. The predicted molar refractivity (Wildman–Crippen MR) is 102 cm³/mol. The van der Waals surface area contributed by atoms with Gasteiger partial charge in [-0.3, -0.25) is 0 Å². The maximum absolute atomic E-state index is 12.3. The molecule has 0 N–H and O–H groups in total. The van der Waals surface area contributed by atoms with Crippen LogP contribution in [0.3, 0.4) is 0 Å². The Bertz CT molecular complexity index is 560. The molecule has 2 aliphatic rings. The van der Waals surface area contributed by atoms with Gasteiger partial charge < -0.3 is 9.47 Å². The molecule has 0 spiro atoms. The Hall–Kier alpha value is -1.51. The zero-order valence-corrected chi connectivity index (χ0v) is 16.4. The first kappa shape index (κ1) is 19.8. The normalized spacial score (nSPS) is 32.6. The molecule has 0 aromatic rings. The smallest absolute Gasteiger partial charge is 0.423 e. The van der Waals surface area contributed by atoms with Gasteiger partial charge in [0, 0.05) is 10.8 Å². The van der Waals surface area contributed by atoms with Crippen LogP contribution >= 0.6 is 0 Å². The Balaban J connectivity index is 2.55. The van der Waals surface area contributed by atoms with E-state index in [4.69, 9.17) is 9.47 Å². The summed E-state index contributed by atoms with van der Waals surface area (Å²) in [6.07, 6.45) is 12.1. The van der Waals surface area contributed by atoms with E-state index in [1.165, 1.54) is 0 Å². The third kappa shape index (κ3) is 3.43. The fourth-order valence-electron chi connectivity index (χ4n) is 4.45. The van der Waals surface area contributed by atoms with Crippen molar-refractivity contribution in [3.8, 4) is 0 Å². The summed E-state index contributed by atoms with van der Waals surface area (Å²) in [4.78, 5) is 12.3. The minimum Gasteiger partial charge on any atom is -0.423 e. The maximum atomic E-state index is 12.3. The molecule has 2 rings (SSSR count). The van der Waals surface area contributed by atoms with Crippen LogP contribution in [0.15, 0.2) is 37.0 Å². The Morgan fingerprint density at radius 3 is 2.72 bits per heavy atom. The number of hydrogen-bond donors (Lipinski definition) is 0. The third-order valence-electron chi connectivity index (χ3n) is 6.26. The van der Waals surface area contributed by atoms with Gasteiger partial charge in [0.25, 0.3) is 0 Å². The lowest BCUT2D eigenvalue weighted by Crippen LogP contribution is -2.54. The Morgan fingerprint density at radius 1 is 1.40 bits per heavy atom. The fraction of sp³-hybridized carbons (Fsp3) is 0.682. The highest BCUT2D eigenvalue weighted by molar-refractivity contribution is 5.65. The van der Waals surface area contributed by atoms with Gasteiger partial charge in [-0.05, 0) is 44.1 Å². The molecule has 1 aliphatic carbocycles. The molecule has 1 saturated heterocycles. The third-order valence-corrected chi connectivity index (χ3v) is 6.26. The number of carbonyl (C=O) groups is 1. The minimum atomic E-state index is -0.665. The van der Waals surface area contributed by atoms with Gasteiger partial charge in [0.15, 0.2) is 11.7 Å². The molecule has 0 unspecified atom stereocenters. The van der Waals surface area contributed by atoms with E-state index in [1.54, 1.807) is 0 Å². The van der Waals surface area contributed by atoms with E-state index in [-0.39, 0.29) is 16.9 Å². The summed E-state index contributed by atoms with van der Waals surface area (Å²) in [6, 6.07) is 0. The number of allylic oxidation sites excluding steroid dienone is 3. The van der Waals surface area contributed by atoms with E-state index >= 15 is 0 Å². The average molecular weight is 347 g/mol. The second kappa shape index (κ2) is 7.39. The molecule has 0 bridgehead atoms. The van der Waals surface area contributed by atoms with Gasteiger partial charge in [-0.2, -0.15) is 0 Å². The van der Waals surface area contributed by atoms with Crippen LogP contribution < -0.4 is 0 Å². The predicted octanol–water partition coefficient (Wildman–Crippen LogP) is 6.36. The lowest BCUT2D eigenvalue weighted by Gasteiger charge is -2.47. The largest absolute Gasteiger partial charge is 0.509 e. The molecule has 1 aliphatic heterocycles. The average Bonchev–Trinajstić information content (AvgIpc) is 2.91. The standard InChI is InChI=1S/C22H34O3/c1-7-10-16-22(20(4,5)14-8-2)18(24-19(23)25-22)17-13-11-12-15-21(17,6)9-3/h8-9,13,18H,2-3,7,10-12,14-16H2,1,4-6H3/t18-,21+,22+/m1/s1. The van der Waals surface area contributed by atoms with Crippen molar-refractivity contribution in [2.24, 2.45) is 10.8 Å². The summed E-state index contributed by atoms with van der Waals surface area (Å²) in [5.74, 6) is 0. The van der Waals surface area contributed by atoms with Gasteiger partial charge in [0.05, 0.1) is 0 Å². The fourth-order valence-corrected chi connectivity index (χ4v) is 4.45. The molecule has 1 heterocycles. The summed E-state index contributed by atoms with van der Waals surface area (Å²) in [7, 11) is 0. The first-order chi connectivity index (χ1) is 11.8. The van der Waals surface area contributed by atoms with E-state index in [1.807, 2.05) is 12.2 Å². The van der Waals surface area contributed by atoms with Crippen molar-refractivity contribution in [2.75, 3.05) is 0 Å². The van der Waals surface area contributed by atoms with E-state index in [0.717, 1.165) is 50.5 Å². The van der Waals surface area contributed by atoms with E-state index in [9.17, 15) is 4.79 Å². The van der Waals surface area contributed by atoms with Gasteiger partial charge in [-0.1, -0.05) is 52.3 Å². The van der Waals surface area contributed by atoms with Crippen molar-refractivity contribution in [3.63, 3.8) is 0 Å². The van der Waals surface area contributed by atoms with Crippen molar-refractivity contribution in [1.82, 2.24) is 0 Å². The van der Waals surface area contributed by atoms with Crippen LogP contribution in [0.1, 0.15) is 72.6 Å². The second-order valence-corrected chi connectivity index (χ2v) is 8.39. The molecule has 3 heteroatoms. The molecule has 140 valence electrons. The summed E-state index contributed by atoms with van der Waals surface area (Å²) in [6.45, 7) is 16.7. The molecule has 3 atom stereocenters. The van der Waals surface area contributed by atoms with Crippen molar-refractivity contribution in [1.29, 1.82) is 0 Å². The van der Waals surface area contributed by atoms with Gasteiger partial charge >= 0.3 is 6.16 Å². The Labute approximate surface area is 153 Å². The number of cyclic esters (lactones) is 2. The van der Waals surface area contributed by atoms with E-state index in [0.29, 0.717) is 0 Å². The molecule has 0 aromatic carbocycles. The van der Waals surface area contributed by atoms with Crippen LogP contribution in [0, 0.1) is 10.8 Å². The number of rotatable bonds is 8. The zero-order valence-electron chi connectivity index (χ0n) is 16.4. The van der Waals surface area contributed by atoms with Crippen molar-refractivity contribution < 1.29 is 14.3 Å². The van der Waals surface area contributed by atoms with Crippen LogP contribution in [0.4, 0.5) is 4.79 Å². The van der Waals surface area contributed by atoms with Crippen LogP contribution in [-0.4, -0.2) is 17.9 Å². The van der Waals surface area contributed by atoms with Crippen LogP contribution in [0.5, 0.6) is 0 Å². The maximum Gasteiger partial charge on any atom is 0.509 e. The lowest BCUT2D eigenvalue weighted by atomic mass is 9.61. The molecule has 0 radical (unpaired) electrons. The Kier molecular flexibility index (Phi) is 5.86. The topological polar surface area (TPSA) is 35.5 Å². The van der Waals surface area contributed by atoms with Gasteiger partial charge in [-0.25, -0.2) is 4.79 Å². The van der Waals surface area contributed by atoms with Crippen molar-refractivity contribution in [3.05, 3.63) is 37.0 Å². The highest BCUT2D eigenvalue weighted by Crippen LogP contribution is 2.54. The molecular formula is C22H34O3. The molecule has 1 fully saturated rings. The number of unbranched alkanes of at least 4 members (excludes halogenated alkanes) is 1. The molecule has 3 nitrogen and oxygen atoms in total. The SMILES string of the molecule is C=CCC(C)(C)[C@@]1(CCCC)OC(=O)O[C@@H]1C1=CCCC[C@]1(C)C=C. The van der Waals surface area contributed by atoms with Crippen molar-refractivity contribution >= 4 is 6.16 Å². The monoisotopic (exact) mass is 346 g/mol. The zero-order chi connectivity index (χ0) is 18.7. The molecule has 0 aromatic heterocycles. The molecule has 0 saturated carbocycles. The van der Waals surface area contributed by atoms with E-state index < -0.39 is 11.8 Å². The summed E-state index contributed by atoms with van der Waals surface area (Å²) >= 11 is 0.